The molecule has 0 atom stereocenters. The van der Waals surface area contributed by atoms with Crippen LogP contribution in [0.5, 0.6) is 0 Å². The van der Waals surface area contributed by atoms with Crippen molar-refractivity contribution in [2.24, 2.45) is 0 Å². The zero-order valence-corrected chi connectivity index (χ0v) is 5.46. The largest absolute Gasteiger partial charge is 0.310 e. The molecular weight excluding hydrogens is 122 g/mol. The molecule has 0 aromatic heterocycles. The van der Waals surface area contributed by atoms with Crippen LogP contribution in [-0.2, 0) is 4.84 Å². The normalized spacial score (nSPS) is 8.22. The molecule has 0 fully saturated rings. The molecule has 0 aliphatic rings. The van der Waals surface area contributed by atoms with Gasteiger partial charge in [0.05, 0.1) is 0 Å². The molecule has 9 heavy (non-hydrogen) atoms. The molecule has 0 unspecified atom stereocenters. The maximum absolute atomic E-state index is 9.53. The van der Waals surface area contributed by atoms with Gasteiger partial charge in [-0.05, 0) is 13.8 Å². The highest BCUT2D eigenvalue weighted by molar-refractivity contribution is 4.92. The van der Waals surface area contributed by atoms with E-state index in [-0.39, 0.29) is 6.61 Å². The molecule has 0 aliphatic heterocycles. The van der Waals surface area contributed by atoms with Crippen LogP contribution in [-0.4, -0.2) is 11.7 Å². The smallest absolute Gasteiger partial charge is 0.294 e. The zero-order chi connectivity index (χ0) is 7.28. The summed E-state index contributed by atoms with van der Waals surface area (Å²) in [7, 11) is 0. The molecule has 4 nitrogen and oxygen atoms in total. The van der Waals surface area contributed by atoms with Crippen molar-refractivity contribution in [2.45, 2.75) is 13.8 Å². The van der Waals surface area contributed by atoms with Crippen LogP contribution in [0.1, 0.15) is 13.8 Å². The first kappa shape index (κ1) is 7.94. The molecule has 0 aromatic carbocycles. The Morgan fingerprint density at radius 3 is 2.67 bits per heavy atom. The second kappa shape index (κ2) is 3.88. The van der Waals surface area contributed by atoms with E-state index in [1.807, 2.05) is 13.8 Å². The van der Waals surface area contributed by atoms with E-state index in [4.69, 9.17) is 0 Å². The number of nitrogens with zero attached hydrogens (tertiary/aromatic N) is 1. The third-order valence-corrected chi connectivity index (χ3v) is 0.672. The van der Waals surface area contributed by atoms with Gasteiger partial charge in [-0.2, -0.15) is 0 Å². The Balaban J connectivity index is 3.31. The third-order valence-electron chi connectivity index (χ3n) is 0.672. The van der Waals surface area contributed by atoms with Crippen LogP contribution < -0.4 is 0 Å². The van der Waals surface area contributed by atoms with Crippen molar-refractivity contribution in [3.8, 4) is 0 Å². The summed E-state index contributed by atoms with van der Waals surface area (Å²) in [5.41, 5.74) is 1.01. The maximum atomic E-state index is 9.53. The van der Waals surface area contributed by atoms with Crippen LogP contribution in [0.15, 0.2) is 11.6 Å². The minimum atomic E-state index is -0.806. The predicted octanol–water partition coefficient (Wildman–Crippen LogP) is 1.16. The second-order valence-corrected chi connectivity index (χ2v) is 1.80. The first-order chi connectivity index (χ1) is 4.13. The summed E-state index contributed by atoms with van der Waals surface area (Å²) >= 11 is 0. The third kappa shape index (κ3) is 6.94. The Morgan fingerprint density at radius 2 is 2.33 bits per heavy atom. The fourth-order valence-corrected chi connectivity index (χ4v) is 0.265. The summed E-state index contributed by atoms with van der Waals surface area (Å²) in [6, 6.07) is 0. The van der Waals surface area contributed by atoms with Crippen LogP contribution in [0.3, 0.4) is 0 Å². The van der Waals surface area contributed by atoms with E-state index in [0.717, 1.165) is 5.57 Å². The molecule has 0 saturated carbocycles. The Bertz CT molecular complexity index is 126. The van der Waals surface area contributed by atoms with E-state index >= 15 is 0 Å². The average Bonchev–Trinajstić information content (AvgIpc) is 1.63. The van der Waals surface area contributed by atoms with E-state index in [9.17, 15) is 10.1 Å². The summed E-state index contributed by atoms with van der Waals surface area (Å²) < 4.78 is 0. The van der Waals surface area contributed by atoms with Crippen LogP contribution in [0.4, 0.5) is 0 Å². The van der Waals surface area contributed by atoms with Crippen LogP contribution in [0.2, 0.25) is 0 Å². The Labute approximate surface area is 53.2 Å². The van der Waals surface area contributed by atoms with Crippen LogP contribution in [0, 0.1) is 10.1 Å². The standard InChI is InChI=1S/C5H9NO3/c1-5(2)3-4-9-6(7)8/h3H,4H2,1-2H3. The topological polar surface area (TPSA) is 52.4 Å². The molecule has 0 rings (SSSR count). The van der Waals surface area contributed by atoms with E-state index in [1.165, 1.54) is 0 Å². The highest BCUT2D eigenvalue weighted by Crippen LogP contribution is 1.87. The molecule has 4 heteroatoms. The SMILES string of the molecule is CC(C)=CCO[N+](=O)[O-]. The Hall–Kier alpha value is -1.06. The average molecular weight is 131 g/mol. The summed E-state index contributed by atoms with van der Waals surface area (Å²) in [6.45, 7) is 3.75. The van der Waals surface area contributed by atoms with E-state index in [1.54, 1.807) is 6.08 Å². The lowest BCUT2D eigenvalue weighted by Crippen LogP contribution is -1.99. The summed E-state index contributed by atoms with van der Waals surface area (Å²) in [6.07, 6.45) is 1.64. The number of rotatable bonds is 3. The van der Waals surface area contributed by atoms with Gasteiger partial charge in [-0.15, -0.1) is 10.1 Å². The quantitative estimate of drug-likeness (QED) is 0.328. The number of hydrogen-bond acceptors (Lipinski definition) is 3. The van der Waals surface area contributed by atoms with E-state index in [2.05, 4.69) is 4.84 Å². The van der Waals surface area contributed by atoms with Crippen molar-refractivity contribution in [2.75, 3.05) is 6.61 Å². The first-order valence-corrected chi connectivity index (χ1v) is 2.53. The molecule has 0 spiro atoms. The highest BCUT2D eigenvalue weighted by Gasteiger charge is 1.88. The van der Waals surface area contributed by atoms with Gasteiger partial charge in [-0.25, -0.2) is 0 Å². The summed E-state index contributed by atoms with van der Waals surface area (Å²) in [4.78, 5) is 13.5. The number of allylic oxidation sites excluding steroid dienone is 1. The molecule has 52 valence electrons. The monoisotopic (exact) mass is 131 g/mol. The van der Waals surface area contributed by atoms with Gasteiger partial charge in [0.1, 0.15) is 6.61 Å². The van der Waals surface area contributed by atoms with Gasteiger partial charge < -0.3 is 4.84 Å². The van der Waals surface area contributed by atoms with E-state index in [0.29, 0.717) is 0 Å². The van der Waals surface area contributed by atoms with Gasteiger partial charge in [-0.1, -0.05) is 11.6 Å². The van der Waals surface area contributed by atoms with Crippen LogP contribution >= 0.6 is 0 Å². The van der Waals surface area contributed by atoms with Gasteiger partial charge in [0.2, 0.25) is 0 Å². The molecule has 0 radical (unpaired) electrons. The highest BCUT2D eigenvalue weighted by atomic mass is 16.9. The lowest BCUT2D eigenvalue weighted by atomic mass is 10.3. The molecular formula is C5H9NO3. The van der Waals surface area contributed by atoms with Crippen molar-refractivity contribution in [3.63, 3.8) is 0 Å². The second-order valence-electron chi connectivity index (χ2n) is 1.80. The summed E-state index contributed by atoms with van der Waals surface area (Å²) in [5.74, 6) is 0. The van der Waals surface area contributed by atoms with Crippen molar-refractivity contribution < 1.29 is 9.92 Å². The van der Waals surface area contributed by atoms with E-state index < -0.39 is 5.09 Å². The molecule has 0 heterocycles. The fraction of sp³-hybridized carbons (Fsp3) is 0.600. The van der Waals surface area contributed by atoms with Gasteiger partial charge in [0, 0.05) is 0 Å². The van der Waals surface area contributed by atoms with Gasteiger partial charge in [-0.3, -0.25) is 0 Å². The van der Waals surface area contributed by atoms with Gasteiger partial charge in [0.15, 0.2) is 0 Å². The lowest BCUT2D eigenvalue weighted by molar-refractivity contribution is -0.755. The van der Waals surface area contributed by atoms with Gasteiger partial charge in [0.25, 0.3) is 5.09 Å². The number of hydrogen-bond donors (Lipinski definition) is 0. The van der Waals surface area contributed by atoms with Crippen molar-refractivity contribution in [3.05, 3.63) is 21.8 Å². The molecule has 0 bridgehead atoms. The molecule has 0 aliphatic carbocycles. The maximum Gasteiger partial charge on any atom is 0.294 e. The van der Waals surface area contributed by atoms with Crippen molar-refractivity contribution in [1.82, 2.24) is 0 Å². The lowest BCUT2D eigenvalue weighted by Gasteiger charge is -1.90. The minimum Gasteiger partial charge on any atom is -0.310 e. The minimum absolute atomic E-state index is 0.0509. The van der Waals surface area contributed by atoms with Gasteiger partial charge >= 0.3 is 0 Å². The molecule has 0 amide bonds. The fourth-order valence-electron chi connectivity index (χ4n) is 0.265. The Morgan fingerprint density at radius 1 is 1.78 bits per heavy atom. The predicted molar refractivity (Wildman–Crippen MR) is 32.4 cm³/mol. The molecule has 0 saturated heterocycles. The first-order valence-electron chi connectivity index (χ1n) is 2.53. The van der Waals surface area contributed by atoms with Crippen molar-refractivity contribution >= 4 is 0 Å². The van der Waals surface area contributed by atoms with Crippen molar-refractivity contribution in [1.29, 1.82) is 0 Å². The molecule has 0 aromatic rings. The summed E-state index contributed by atoms with van der Waals surface area (Å²) in [5, 5.41) is 8.73. The zero-order valence-electron chi connectivity index (χ0n) is 5.46. The van der Waals surface area contributed by atoms with Crippen LogP contribution in [0.25, 0.3) is 0 Å². The molecule has 0 N–H and O–H groups in total. The Kier molecular flexibility index (Phi) is 3.43.